The van der Waals surface area contributed by atoms with Crippen molar-refractivity contribution in [1.29, 1.82) is 0 Å². The number of hydrogen-bond donors (Lipinski definition) is 2. The van der Waals surface area contributed by atoms with Crippen LogP contribution in [0.3, 0.4) is 0 Å². The van der Waals surface area contributed by atoms with Gasteiger partial charge in [-0.3, -0.25) is 9.59 Å². The van der Waals surface area contributed by atoms with E-state index in [4.69, 9.17) is 0 Å². The Kier molecular flexibility index (Phi) is 5.41. The molecule has 2 amide bonds. The van der Waals surface area contributed by atoms with E-state index >= 15 is 0 Å². The predicted octanol–water partition coefficient (Wildman–Crippen LogP) is 3.30. The van der Waals surface area contributed by atoms with Crippen LogP contribution in [0.5, 0.6) is 0 Å². The lowest BCUT2D eigenvalue weighted by atomic mass is 10.1. The van der Waals surface area contributed by atoms with Crippen molar-refractivity contribution in [3.8, 4) is 0 Å². The minimum Gasteiger partial charge on any atom is -0.348 e. The Labute approximate surface area is 142 Å². The van der Waals surface area contributed by atoms with Gasteiger partial charge in [0.05, 0.1) is 5.56 Å². The van der Waals surface area contributed by atoms with Crippen molar-refractivity contribution >= 4 is 17.6 Å². The fraction of sp³-hybridized carbons (Fsp3) is 0.235. The number of benzene rings is 1. The van der Waals surface area contributed by atoms with E-state index in [1.54, 1.807) is 6.92 Å². The van der Waals surface area contributed by atoms with Gasteiger partial charge in [0.2, 0.25) is 5.91 Å². The molecule has 0 aliphatic rings. The fourth-order valence-corrected chi connectivity index (χ4v) is 2.19. The van der Waals surface area contributed by atoms with Crippen LogP contribution in [-0.2, 0) is 17.5 Å². The average Bonchev–Trinajstić information content (AvgIpc) is 2.51. The van der Waals surface area contributed by atoms with Gasteiger partial charge in [-0.15, -0.1) is 0 Å². The Morgan fingerprint density at radius 3 is 2.52 bits per heavy atom. The molecule has 0 aliphatic heterocycles. The van der Waals surface area contributed by atoms with Gasteiger partial charge in [0.15, 0.2) is 0 Å². The summed E-state index contributed by atoms with van der Waals surface area (Å²) in [4.78, 5) is 27.4. The van der Waals surface area contributed by atoms with Gasteiger partial charge in [0.25, 0.3) is 5.91 Å². The molecule has 0 unspecified atom stereocenters. The Balaban J connectivity index is 2.10. The van der Waals surface area contributed by atoms with Crippen molar-refractivity contribution < 1.29 is 22.8 Å². The monoisotopic (exact) mass is 351 g/mol. The first-order valence-corrected chi connectivity index (χ1v) is 7.36. The number of alkyl halides is 3. The number of anilines is 1. The number of aromatic nitrogens is 1. The van der Waals surface area contributed by atoms with E-state index in [2.05, 4.69) is 15.6 Å². The highest BCUT2D eigenvalue weighted by atomic mass is 19.4. The molecular formula is C17H16F3N3O2. The smallest absolute Gasteiger partial charge is 0.348 e. The molecular weight excluding hydrogens is 335 g/mol. The second-order valence-corrected chi connectivity index (χ2v) is 5.44. The Hall–Kier alpha value is -2.90. The largest absolute Gasteiger partial charge is 0.416 e. The highest BCUT2D eigenvalue weighted by Crippen LogP contribution is 2.29. The molecule has 1 aromatic heterocycles. The van der Waals surface area contributed by atoms with Gasteiger partial charge < -0.3 is 10.6 Å². The molecule has 8 heteroatoms. The molecule has 0 spiro atoms. The Bertz CT molecular complexity index is 804. The first-order valence-electron chi connectivity index (χ1n) is 7.36. The van der Waals surface area contributed by atoms with Gasteiger partial charge in [-0.1, -0.05) is 12.1 Å². The number of amides is 2. The molecule has 0 radical (unpaired) electrons. The summed E-state index contributed by atoms with van der Waals surface area (Å²) < 4.78 is 38.1. The topological polar surface area (TPSA) is 71.1 Å². The molecule has 0 fully saturated rings. The number of halogens is 3. The van der Waals surface area contributed by atoms with Crippen LogP contribution in [0.25, 0.3) is 0 Å². The minimum absolute atomic E-state index is 0.0560. The van der Waals surface area contributed by atoms with Crippen LogP contribution in [-0.4, -0.2) is 16.8 Å². The van der Waals surface area contributed by atoms with Crippen molar-refractivity contribution in [2.75, 3.05) is 5.32 Å². The zero-order valence-electron chi connectivity index (χ0n) is 13.6. The highest BCUT2D eigenvalue weighted by molar-refractivity contribution is 5.96. The van der Waals surface area contributed by atoms with Gasteiger partial charge in [-0.2, -0.15) is 13.2 Å². The lowest BCUT2D eigenvalue weighted by molar-refractivity contribution is -0.137. The Morgan fingerprint density at radius 2 is 1.88 bits per heavy atom. The number of hydrogen-bond acceptors (Lipinski definition) is 3. The molecule has 0 atom stereocenters. The van der Waals surface area contributed by atoms with E-state index in [1.165, 1.54) is 31.2 Å². The number of carbonyl (C=O) groups excluding carboxylic acids is 2. The van der Waals surface area contributed by atoms with E-state index in [-0.39, 0.29) is 23.8 Å². The van der Waals surface area contributed by atoms with Crippen molar-refractivity contribution in [2.24, 2.45) is 0 Å². The van der Waals surface area contributed by atoms with Gasteiger partial charge >= 0.3 is 6.18 Å². The predicted molar refractivity (Wildman–Crippen MR) is 85.9 cm³/mol. The standard InChI is InChI=1S/C17H16F3N3O2/c1-10-6-13(8-15(22-10)23-11(2)24)16(25)21-9-12-4-3-5-14(7-12)17(18,19)20/h3-8H,9H2,1-2H3,(H,21,25)(H,22,23,24). The third-order valence-corrected chi connectivity index (χ3v) is 3.23. The SMILES string of the molecule is CC(=O)Nc1cc(C(=O)NCc2cccc(C(F)(F)F)c2)cc(C)n1. The molecule has 2 N–H and O–H groups in total. The van der Waals surface area contributed by atoms with E-state index < -0.39 is 17.6 Å². The molecule has 132 valence electrons. The maximum atomic E-state index is 12.7. The van der Waals surface area contributed by atoms with Crippen LogP contribution >= 0.6 is 0 Å². The van der Waals surface area contributed by atoms with Crippen LogP contribution in [0.15, 0.2) is 36.4 Å². The van der Waals surface area contributed by atoms with Gasteiger partial charge in [0.1, 0.15) is 5.82 Å². The molecule has 1 heterocycles. The van der Waals surface area contributed by atoms with Crippen LogP contribution in [0.4, 0.5) is 19.0 Å². The van der Waals surface area contributed by atoms with E-state index in [9.17, 15) is 22.8 Å². The maximum Gasteiger partial charge on any atom is 0.416 e. The van der Waals surface area contributed by atoms with Crippen LogP contribution in [0.1, 0.15) is 34.1 Å². The zero-order chi connectivity index (χ0) is 18.6. The summed E-state index contributed by atoms with van der Waals surface area (Å²) >= 11 is 0. The number of nitrogens with one attached hydrogen (secondary N) is 2. The number of carbonyl (C=O) groups is 2. The van der Waals surface area contributed by atoms with Gasteiger partial charge in [0, 0.05) is 24.7 Å². The van der Waals surface area contributed by atoms with Gasteiger partial charge in [-0.05, 0) is 36.8 Å². The molecule has 5 nitrogen and oxygen atoms in total. The summed E-state index contributed by atoms with van der Waals surface area (Å²) in [6.45, 7) is 2.92. The summed E-state index contributed by atoms with van der Waals surface area (Å²) in [6.07, 6.45) is -4.44. The van der Waals surface area contributed by atoms with E-state index in [0.29, 0.717) is 11.3 Å². The third-order valence-electron chi connectivity index (χ3n) is 3.23. The highest BCUT2D eigenvalue weighted by Gasteiger charge is 2.30. The summed E-state index contributed by atoms with van der Waals surface area (Å²) in [5.41, 5.74) is 0.335. The van der Waals surface area contributed by atoms with Crippen molar-refractivity contribution in [3.05, 3.63) is 58.8 Å². The molecule has 2 rings (SSSR count). The number of rotatable bonds is 4. The molecule has 0 bridgehead atoms. The van der Waals surface area contributed by atoms with E-state index in [1.807, 2.05) is 0 Å². The van der Waals surface area contributed by atoms with Crippen LogP contribution < -0.4 is 10.6 Å². The minimum atomic E-state index is -4.44. The normalized spacial score (nSPS) is 11.1. The lowest BCUT2D eigenvalue weighted by Gasteiger charge is -2.10. The first-order chi connectivity index (χ1) is 11.6. The van der Waals surface area contributed by atoms with Crippen LogP contribution in [0.2, 0.25) is 0 Å². The second kappa shape index (κ2) is 7.33. The van der Waals surface area contributed by atoms with Crippen molar-refractivity contribution in [3.63, 3.8) is 0 Å². The summed E-state index contributed by atoms with van der Waals surface area (Å²) in [5, 5.41) is 5.04. The zero-order valence-corrected chi connectivity index (χ0v) is 13.6. The molecule has 0 saturated carbocycles. The number of aryl methyl sites for hydroxylation is 1. The molecule has 25 heavy (non-hydrogen) atoms. The maximum absolute atomic E-state index is 12.7. The quantitative estimate of drug-likeness (QED) is 0.888. The van der Waals surface area contributed by atoms with Crippen LogP contribution in [0, 0.1) is 6.92 Å². The van der Waals surface area contributed by atoms with Gasteiger partial charge in [-0.25, -0.2) is 4.98 Å². The average molecular weight is 351 g/mol. The summed E-state index contributed by atoms with van der Waals surface area (Å²) in [6, 6.07) is 7.66. The van der Waals surface area contributed by atoms with Crippen molar-refractivity contribution in [2.45, 2.75) is 26.6 Å². The second-order valence-electron chi connectivity index (χ2n) is 5.44. The molecule has 2 aromatic rings. The summed E-state index contributed by atoms with van der Waals surface area (Å²) in [7, 11) is 0. The molecule has 0 saturated heterocycles. The Morgan fingerprint density at radius 1 is 1.16 bits per heavy atom. The van der Waals surface area contributed by atoms with E-state index in [0.717, 1.165) is 12.1 Å². The number of nitrogens with zero attached hydrogens (tertiary/aromatic N) is 1. The third kappa shape index (κ3) is 5.30. The lowest BCUT2D eigenvalue weighted by Crippen LogP contribution is -2.23. The fourth-order valence-electron chi connectivity index (χ4n) is 2.19. The van der Waals surface area contributed by atoms with Crippen molar-refractivity contribution in [1.82, 2.24) is 10.3 Å². The first kappa shape index (κ1) is 18.4. The summed E-state index contributed by atoms with van der Waals surface area (Å²) in [5.74, 6) is -0.570. The molecule has 0 aliphatic carbocycles. The molecule has 1 aromatic carbocycles. The number of pyridine rings is 1.